The Balaban J connectivity index is 3.35. The third kappa shape index (κ3) is 3.91. The largest absolute Gasteiger partial charge is 0.366 e. The van der Waals surface area contributed by atoms with Crippen molar-refractivity contribution >= 4 is 21.4 Å². The monoisotopic (exact) mass is 301 g/mol. The quantitative estimate of drug-likeness (QED) is 0.611. The van der Waals surface area contributed by atoms with Crippen LogP contribution in [-0.4, -0.2) is 26.4 Å². The lowest BCUT2D eigenvalue weighted by atomic mass is 10.2. The lowest BCUT2D eigenvalue weighted by Gasteiger charge is -2.23. The summed E-state index contributed by atoms with van der Waals surface area (Å²) in [6, 6.07) is 3.77. The van der Waals surface area contributed by atoms with Gasteiger partial charge in [0.15, 0.2) is 0 Å². The van der Waals surface area contributed by atoms with Gasteiger partial charge >= 0.3 is 0 Å². The molecule has 0 atom stereocenters. The molecule has 0 fully saturated rings. The van der Waals surface area contributed by atoms with E-state index < -0.39 is 14.9 Å². The summed E-state index contributed by atoms with van der Waals surface area (Å²) in [4.78, 5) is 12.2. The molecular formula is C12H19N3O4S. The average molecular weight is 301 g/mol. The molecule has 0 aliphatic heterocycles. The maximum Gasteiger partial charge on any atom is 0.293 e. The van der Waals surface area contributed by atoms with Crippen molar-refractivity contribution in [3.05, 3.63) is 28.3 Å². The first-order valence-electron chi connectivity index (χ1n) is 6.37. The Morgan fingerprint density at radius 1 is 1.25 bits per heavy atom. The summed E-state index contributed by atoms with van der Waals surface area (Å²) in [5.74, 6) is 0. The molecule has 0 aliphatic carbocycles. The highest BCUT2D eigenvalue weighted by atomic mass is 32.2. The van der Waals surface area contributed by atoms with Crippen LogP contribution in [0.15, 0.2) is 23.1 Å². The van der Waals surface area contributed by atoms with Crippen molar-refractivity contribution in [1.29, 1.82) is 0 Å². The van der Waals surface area contributed by atoms with E-state index in [1.165, 1.54) is 12.1 Å². The van der Waals surface area contributed by atoms with Gasteiger partial charge in [0, 0.05) is 19.2 Å². The molecule has 2 N–H and O–H groups in total. The molecule has 0 unspecified atom stereocenters. The van der Waals surface area contributed by atoms with Crippen LogP contribution in [0.2, 0.25) is 0 Å². The minimum atomic E-state index is -3.95. The molecule has 0 saturated heterocycles. The SMILES string of the molecule is CCCN(CCC)c1ccc(S(N)(=O)=O)cc1[N+](=O)[O-]. The van der Waals surface area contributed by atoms with Gasteiger partial charge in [-0.15, -0.1) is 0 Å². The number of sulfonamides is 1. The van der Waals surface area contributed by atoms with Gasteiger partial charge in [-0.25, -0.2) is 13.6 Å². The molecule has 0 aromatic heterocycles. The first-order valence-corrected chi connectivity index (χ1v) is 7.92. The fourth-order valence-corrected chi connectivity index (χ4v) is 2.52. The van der Waals surface area contributed by atoms with Gasteiger partial charge in [0.2, 0.25) is 10.0 Å². The van der Waals surface area contributed by atoms with Crippen molar-refractivity contribution in [3.63, 3.8) is 0 Å². The molecule has 8 heteroatoms. The highest BCUT2D eigenvalue weighted by molar-refractivity contribution is 7.89. The molecule has 0 bridgehead atoms. The smallest absolute Gasteiger partial charge is 0.293 e. The van der Waals surface area contributed by atoms with E-state index in [-0.39, 0.29) is 10.6 Å². The highest BCUT2D eigenvalue weighted by Gasteiger charge is 2.22. The highest BCUT2D eigenvalue weighted by Crippen LogP contribution is 2.30. The standard InChI is InChI=1S/C12H19N3O4S/c1-3-7-14(8-4-2)11-6-5-10(20(13,18)19)9-12(11)15(16)17/h5-6,9H,3-4,7-8H2,1-2H3,(H2,13,18,19). The molecule has 0 spiro atoms. The third-order valence-corrected chi connectivity index (χ3v) is 3.71. The summed E-state index contributed by atoms with van der Waals surface area (Å²) >= 11 is 0. The Hall–Kier alpha value is -1.67. The second-order valence-electron chi connectivity index (χ2n) is 4.44. The number of benzene rings is 1. The van der Waals surface area contributed by atoms with Crippen LogP contribution in [0.5, 0.6) is 0 Å². The second kappa shape index (κ2) is 6.67. The van der Waals surface area contributed by atoms with Gasteiger partial charge in [0.05, 0.1) is 9.82 Å². The lowest BCUT2D eigenvalue weighted by Crippen LogP contribution is -2.26. The molecule has 0 radical (unpaired) electrons. The van der Waals surface area contributed by atoms with Crippen LogP contribution in [0.25, 0.3) is 0 Å². The van der Waals surface area contributed by atoms with Crippen LogP contribution in [0, 0.1) is 10.1 Å². The first kappa shape index (κ1) is 16.4. The van der Waals surface area contributed by atoms with Gasteiger partial charge in [-0.2, -0.15) is 0 Å². The zero-order valence-corrected chi connectivity index (χ0v) is 12.4. The van der Waals surface area contributed by atoms with Crippen LogP contribution in [0.1, 0.15) is 26.7 Å². The molecular weight excluding hydrogens is 282 g/mol. The van der Waals surface area contributed by atoms with Crippen LogP contribution < -0.4 is 10.0 Å². The number of anilines is 1. The fourth-order valence-electron chi connectivity index (χ4n) is 1.99. The lowest BCUT2D eigenvalue weighted by molar-refractivity contribution is -0.384. The van der Waals surface area contributed by atoms with Crippen molar-refractivity contribution in [2.45, 2.75) is 31.6 Å². The Kier molecular flexibility index (Phi) is 5.46. The van der Waals surface area contributed by atoms with E-state index in [0.717, 1.165) is 18.9 Å². The van der Waals surface area contributed by atoms with Crippen molar-refractivity contribution in [2.75, 3.05) is 18.0 Å². The first-order chi connectivity index (χ1) is 9.31. The molecule has 0 amide bonds. The summed E-state index contributed by atoms with van der Waals surface area (Å²) in [7, 11) is -3.95. The van der Waals surface area contributed by atoms with Crippen LogP contribution in [0.4, 0.5) is 11.4 Å². The van der Waals surface area contributed by atoms with Gasteiger partial charge < -0.3 is 4.90 Å². The third-order valence-electron chi connectivity index (χ3n) is 2.80. The van der Waals surface area contributed by atoms with Gasteiger partial charge in [-0.1, -0.05) is 13.8 Å². The maximum atomic E-state index is 11.3. The summed E-state index contributed by atoms with van der Waals surface area (Å²) in [6.45, 7) is 5.30. The van der Waals surface area contributed by atoms with Crippen molar-refractivity contribution in [3.8, 4) is 0 Å². The topological polar surface area (TPSA) is 107 Å². The summed E-state index contributed by atoms with van der Waals surface area (Å²) < 4.78 is 22.6. The Morgan fingerprint density at radius 3 is 2.20 bits per heavy atom. The van der Waals surface area contributed by atoms with Crippen molar-refractivity contribution < 1.29 is 13.3 Å². The number of hydrogen-bond acceptors (Lipinski definition) is 5. The van der Waals surface area contributed by atoms with Crippen LogP contribution in [-0.2, 0) is 10.0 Å². The van der Waals surface area contributed by atoms with Gasteiger partial charge in [0.25, 0.3) is 5.69 Å². The van der Waals surface area contributed by atoms with E-state index in [1.54, 1.807) is 0 Å². The van der Waals surface area contributed by atoms with Gasteiger partial charge in [-0.05, 0) is 25.0 Å². The minimum Gasteiger partial charge on any atom is -0.366 e. The van der Waals surface area contributed by atoms with Crippen molar-refractivity contribution in [2.24, 2.45) is 5.14 Å². The van der Waals surface area contributed by atoms with Gasteiger partial charge in [-0.3, -0.25) is 10.1 Å². The minimum absolute atomic E-state index is 0.238. The summed E-state index contributed by atoms with van der Waals surface area (Å²) in [6.07, 6.45) is 1.68. The number of primary sulfonamides is 1. The molecule has 20 heavy (non-hydrogen) atoms. The van der Waals surface area contributed by atoms with Crippen LogP contribution in [0.3, 0.4) is 0 Å². The van der Waals surface area contributed by atoms with Gasteiger partial charge in [0.1, 0.15) is 5.69 Å². The fraction of sp³-hybridized carbons (Fsp3) is 0.500. The number of rotatable bonds is 7. The Bertz CT molecular complexity index is 580. The number of nitrogens with two attached hydrogens (primary N) is 1. The van der Waals surface area contributed by atoms with Crippen LogP contribution >= 0.6 is 0 Å². The molecule has 0 aliphatic rings. The number of nitro groups is 1. The predicted octanol–water partition coefficient (Wildman–Crippen LogP) is 1.87. The second-order valence-corrected chi connectivity index (χ2v) is 6.00. The zero-order valence-electron chi connectivity index (χ0n) is 11.6. The summed E-state index contributed by atoms with van der Waals surface area (Å²) in [5, 5.41) is 16.2. The number of hydrogen-bond donors (Lipinski definition) is 1. The zero-order chi connectivity index (χ0) is 15.3. The molecule has 0 saturated carbocycles. The Morgan fingerprint density at radius 2 is 1.80 bits per heavy atom. The average Bonchev–Trinajstić information content (AvgIpc) is 2.36. The van der Waals surface area contributed by atoms with E-state index in [9.17, 15) is 18.5 Å². The van der Waals surface area contributed by atoms with E-state index in [0.29, 0.717) is 18.8 Å². The van der Waals surface area contributed by atoms with E-state index in [4.69, 9.17) is 5.14 Å². The van der Waals surface area contributed by atoms with E-state index in [1.807, 2.05) is 18.7 Å². The molecule has 1 aromatic rings. The normalized spacial score (nSPS) is 11.3. The molecule has 112 valence electrons. The molecule has 1 rings (SSSR count). The van der Waals surface area contributed by atoms with E-state index in [2.05, 4.69) is 0 Å². The number of nitro benzene ring substituents is 1. The molecule has 7 nitrogen and oxygen atoms in total. The number of nitrogens with zero attached hydrogens (tertiary/aromatic N) is 2. The Labute approximate surface area is 118 Å². The predicted molar refractivity (Wildman–Crippen MR) is 77.3 cm³/mol. The maximum absolute atomic E-state index is 11.3. The van der Waals surface area contributed by atoms with Crippen molar-refractivity contribution in [1.82, 2.24) is 0 Å². The molecule has 0 heterocycles. The molecule has 1 aromatic carbocycles. The summed E-state index contributed by atoms with van der Waals surface area (Å²) in [5.41, 5.74) is 0.185. The van der Waals surface area contributed by atoms with E-state index >= 15 is 0 Å².